The minimum absolute atomic E-state index is 0.245. The minimum atomic E-state index is -0.245. The van der Waals surface area contributed by atoms with E-state index in [4.69, 9.17) is 0 Å². The van der Waals surface area contributed by atoms with E-state index in [1.807, 2.05) is 48.5 Å². The number of hydrogen-bond donors (Lipinski definition) is 1. The minimum Gasteiger partial charge on any atom is -0.338 e. The molecule has 3 heterocycles. The maximum atomic E-state index is 12.9. The van der Waals surface area contributed by atoms with Crippen LogP contribution in [0.4, 0.5) is 17.1 Å². The number of amides is 1. The second-order valence-corrected chi connectivity index (χ2v) is 7.29. The lowest BCUT2D eigenvalue weighted by atomic mass is 10.1. The van der Waals surface area contributed by atoms with Gasteiger partial charge in [0.2, 0.25) is 0 Å². The zero-order valence-corrected chi connectivity index (χ0v) is 16.0. The number of fused-ring (bicyclic) bond motifs is 2. The highest BCUT2D eigenvalue weighted by Gasteiger charge is 2.27. The van der Waals surface area contributed by atoms with Gasteiger partial charge >= 0.3 is 0 Å². The lowest BCUT2D eigenvalue weighted by molar-refractivity contribution is 0.102. The van der Waals surface area contributed by atoms with Gasteiger partial charge in [-0.1, -0.05) is 36.4 Å². The van der Waals surface area contributed by atoms with Gasteiger partial charge in [0.1, 0.15) is 5.69 Å². The molecular weight excluding hydrogens is 360 g/mol. The first-order chi connectivity index (χ1) is 14.2. The standard InChI is InChI=1S/C24H20N4O/c1-16-14-18-6-2-3-10-22(18)28(16)19-11-13-25-21(15-19)24(29)27-20-9-4-7-17-8-5-12-26-23(17)20/h2-13,15-16H,14H2,1H3,(H,27,29). The summed E-state index contributed by atoms with van der Waals surface area (Å²) in [5, 5.41) is 3.95. The fraction of sp³-hybridized carbons (Fsp3) is 0.125. The van der Waals surface area contributed by atoms with Crippen molar-refractivity contribution in [2.75, 3.05) is 10.2 Å². The molecule has 1 amide bonds. The predicted octanol–water partition coefficient (Wildman–Crippen LogP) is 4.96. The van der Waals surface area contributed by atoms with Crippen molar-refractivity contribution in [2.45, 2.75) is 19.4 Å². The summed E-state index contributed by atoms with van der Waals surface area (Å²) in [5.74, 6) is -0.245. The number of aromatic nitrogens is 2. The summed E-state index contributed by atoms with van der Waals surface area (Å²) in [4.78, 5) is 23.9. The maximum absolute atomic E-state index is 12.9. The number of carbonyl (C=O) groups excluding carboxylic acids is 1. The Kier molecular flexibility index (Phi) is 4.21. The fourth-order valence-electron chi connectivity index (χ4n) is 4.04. The zero-order valence-electron chi connectivity index (χ0n) is 16.0. The van der Waals surface area contributed by atoms with E-state index in [2.05, 4.69) is 45.3 Å². The fourth-order valence-corrected chi connectivity index (χ4v) is 4.04. The second kappa shape index (κ2) is 7.02. The van der Waals surface area contributed by atoms with Gasteiger partial charge in [-0.15, -0.1) is 0 Å². The molecule has 4 aromatic rings. The van der Waals surface area contributed by atoms with Crippen LogP contribution in [0, 0.1) is 0 Å². The smallest absolute Gasteiger partial charge is 0.274 e. The quantitative estimate of drug-likeness (QED) is 0.545. The Morgan fingerprint density at radius 1 is 1.00 bits per heavy atom. The number of hydrogen-bond acceptors (Lipinski definition) is 4. The first-order valence-corrected chi connectivity index (χ1v) is 9.69. The van der Waals surface area contributed by atoms with Crippen molar-refractivity contribution in [3.63, 3.8) is 0 Å². The molecule has 0 radical (unpaired) electrons. The van der Waals surface area contributed by atoms with Gasteiger partial charge in [0, 0.05) is 35.2 Å². The lowest BCUT2D eigenvalue weighted by Gasteiger charge is -2.25. The number of nitrogens with one attached hydrogen (secondary N) is 1. The normalized spacial score (nSPS) is 15.3. The van der Waals surface area contributed by atoms with E-state index in [9.17, 15) is 4.79 Å². The lowest BCUT2D eigenvalue weighted by Crippen LogP contribution is -2.24. The van der Waals surface area contributed by atoms with Crippen LogP contribution in [0.5, 0.6) is 0 Å². The number of benzene rings is 2. The molecule has 2 aromatic heterocycles. The Hall–Kier alpha value is -3.73. The van der Waals surface area contributed by atoms with Gasteiger partial charge in [0.25, 0.3) is 5.91 Å². The van der Waals surface area contributed by atoms with Crippen LogP contribution in [0.15, 0.2) is 79.1 Å². The van der Waals surface area contributed by atoms with E-state index in [1.165, 1.54) is 11.3 Å². The third-order valence-electron chi connectivity index (χ3n) is 5.34. The highest BCUT2D eigenvalue weighted by molar-refractivity contribution is 6.07. The molecule has 142 valence electrons. The van der Waals surface area contributed by atoms with Crippen LogP contribution in [0.2, 0.25) is 0 Å². The number of para-hydroxylation sites is 2. The first-order valence-electron chi connectivity index (χ1n) is 9.69. The molecule has 0 fully saturated rings. The van der Waals surface area contributed by atoms with Crippen molar-refractivity contribution in [2.24, 2.45) is 0 Å². The van der Waals surface area contributed by atoms with Crippen molar-refractivity contribution in [1.82, 2.24) is 9.97 Å². The summed E-state index contributed by atoms with van der Waals surface area (Å²) in [7, 11) is 0. The van der Waals surface area contributed by atoms with E-state index < -0.39 is 0 Å². The predicted molar refractivity (Wildman–Crippen MR) is 116 cm³/mol. The molecule has 0 aliphatic carbocycles. The van der Waals surface area contributed by atoms with Gasteiger partial charge < -0.3 is 10.2 Å². The Balaban J connectivity index is 1.46. The van der Waals surface area contributed by atoms with Crippen molar-refractivity contribution in [1.29, 1.82) is 0 Å². The van der Waals surface area contributed by atoms with E-state index in [0.29, 0.717) is 17.4 Å². The molecule has 5 rings (SSSR count). The Labute approximate surface area is 169 Å². The Bertz CT molecular complexity index is 1210. The van der Waals surface area contributed by atoms with Crippen LogP contribution in [-0.4, -0.2) is 21.9 Å². The van der Waals surface area contributed by atoms with Gasteiger partial charge in [0.15, 0.2) is 0 Å². The molecule has 0 saturated heterocycles. The highest BCUT2D eigenvalue weighted by Crippen LogP contribution is 2.38. The van der Waals surface area contributed by atoms with Crippen molar-refractivity contribution in [3.8, 4) is 0 Å². The molecule has 1 aliphatic rings. The molecular formula is C24H20N4O. The summed E-state index contributed by atoms with van der Waals surface area (Å²) in [6, 6.07) is 22.1. The summed E-state index contributed by atoms with van der Waals surface area (Å²) in [5.41, 5.74) is 5.31. The topological polar surface area (TPSA) is 58.1 Å². The van der Waals surface area contributed by atoms with Crippen LogP contribution in [0.3, 0.4) is 0 Å². The molecule has 5 heteroatoms. The number of rotatable bonds is 3. The highest BCUT2D eigenvalue weighted by atomic mass is 16.1. The summed E-state index contributed by atoms with van der Waals surface area (Å²) in [6.45, 7) is 2.20. The van der Waals surface area contributed by atoms with Crippen molar-refractivity contribution < 1.29 is 4.79 Å². The summed E-state index contributed by atoms with van der Waals surface area (Å²) in [6.07, 6.45) is 4.41. The van der Waals surface area contributed by atoms with E-state index in [0.717, 1.165) is 23.0 Å². The molecule has 0 saturated carbocycles. The monoisotopic (exact) mass is 380 g/mol. The summed E-state index contributed by atoms with van der Waals surface area (Å²) < 4.78 is 0. The molecule has 1 unspecified atom stereocenters. The molecule has 1 aliphatic heterocycles. The Morgan fingerprint density at radius 2 is 1.86 bits per heavy atom. The van der Waals surface area contributed by atoms with Gasteiger partial charge in [-0.25, -0.2) is 0 Å². The van der Waals surface area contributed by atoms with Crippen LogP contribution < -0.4 is 10.2 Å². The van der Waals surface area contributed by atoms with Gasteiger partial charge in [0.05, 0.1) is 11.2 Å². The molecule has 0 bridgehead atoms. The van der Waals surface area contributed by atoms with Crippen molar-refractivity contribution in [3.05, 3.63) is 90.4 Å². The second-order valence-electron chi connectivity index (χ2n) is 7.29. The number of carbonyl (C=O) groups is 1. The number of nitrogens with zero attached hydrogens (tertiary/aromatic N) is 3. The largest absolute Gasteiger partial charge is 0.338 e. The zero-order chi connectivity index (χ0) is 19.8. The Morgan fingerprint density at radius 3 is 2.79 bits per heavy atom. The molecule has 0 spiro atoms. The molecule has 2 aromatic carbocycles. The first kappa shape index (κ1) is 17.4. The average molecular weight is 380 g/mol. The average Bonchev–Trinajstić information content (AvgIpc) is 3.10. The van der Waals surface area contributed by atoms with Gasteiger partial charge in [-0.3, -0.25) is 14.8 Å². The molecule has 29 heavy (non-hydrogen) atoms. The SMILES string of the molecule is CC1Cc2ccccc2N1c1ccnc(C(=O)Nc2cccc3cccnc23)c1. The van der Waals surface area contributed by atoms with Crippen LogP contribution in [0.1, 0.15) is 23.0 Å². The van der Waals surface area contributed by atoms with E-state index in [-0.39, 0.29) is 5.91 Å². The van der Waals surface area contributed by atoms with E-state index in [1.54, 1.807) is 12.4 Å². The van der Waals surface area contributed by atoms with Gasteiger partial charge in [-0.2, -0.15) is 0 Å². The van der Waals surface area contributed by atoms with E-state index >= 15 is 0 Å². The number of pyridine rings is 2. The maximum Gasteiger partial charge on any atom is 0.274 e. The van der Waals surface area contributed by atoms with Crippen molar-refractivity contribution >= 4 is 33.9 Å². The molecule has 1 atom stereocenters. The van der Waals surface area contributed by atoms with Gasteiger partial charge in [-0.05, 0) is 49.2 Å². The van der Waals surface area contributed by atoms with Crippen LogP contribution >= 0.6 is 0 Å². The third-order valence-corrected chi connectivity index (χ3v) is 5.34. The molecule has 1 N–H and O–H groups in total. The van der Waals surface area contributed by atoms with Crippen LogP contribution in [-0.2, 0) is 6.42 Å². The number of anilines is 3. The summed E-state index contributed by atoms with van der Waals surface area (Å²) >= 11 is 0. The van der Waals surface area contributed by atoms with Crippen LogP contribution in [0.25, 0.3) is 10.9 Å². The third kappa shape index (κ3) is 3.10. The molecule has 5 nitrogen and oxygen atoms in total.